The van der Waals surface area contributed by atoms with E-state index in [1.807, 2.05) is 0 Å². The molecule has 0 spiro atoms. The Kier molecular flexibility index (Phi) is 3.07. The molecule has 3 aliphatic heterocycles. The molecule has 3 rings (SSSR count). The van der Waals surface area contributed by atoms with Gasteiger partial charge >= 0.3 is 11.9 Å². The topological polar surface area (TPSA) is 80.3 Å². The third kappa shape index (κ3) is 2.11. The molecule has 3 saturated heterocycles. The van der Waals surface area contributed by atoms with Crippen LogP contribution in [0.25, 0.3) is 0 Å². The summed E-state index contributed by atoms with van der Waals surface area (Å²) in [5.74, 6) is -1.96. The quantitative estimate of drug-likeness (QED) is 0.532. The van der Waals surface area contributed by atoms with Crippen molar-refractivity contribution < 1.29 is 33.3 Å². The molecule has 0 aromatic rings. The molecule has 0 saturated carbocycles. The standard InChI is InChI=1S/C13H16O7/c1-4-16-7(14)5-6-8-9(17-11(6)15)10-12(18-8)20-13(2,3)19-10/h5,8-10,12H,4H2,1-3H3/b6-5-/t8-,9-,10+,12-/m0/s1. The van der Waals surface area contributed by atoms with Gasteiger partial charge in [0.05, 0.1) is 12.2 Å². The fourth-order valence-corrected chi connectivity index (χ4v) is 2.62. The van der Waals surface area contributed by atoms with E-state index < -0.39 is 42.3 Å². The van der Waals surface area contributed by atoms with E-state index in [2.05, 4.69) is 0 Å². The van der Waals surface area contributed by atoms with Crippen LogP contribution in [0.5, 0.6) is 0 Å². The van der Waals surface area contributed by atoms with E-state index in [1.54, 1.807) is 20.8 Å². The molecule has 7 nitrogen and oxygen atoms in total. The first-order valence-electron chi connectivity index (χ1n) is 6.52. The van der Waals surface area contributed by atoms with Crippen LogP contribution >= 0.6 is 0 Å². The maximum Gasteiger partial charge on any atom is 0.337 e. The number of esters is 2. The normalized spacial score (nSPS) is 39.5. The van der Waals surface area contributed by atoms with Crippen molar-refractivity contribution in [3.05, 3.63) is 11.6 Å². The summed E-state index contributed by atoms with van der Waals surface area (Å²) < 4.78 is 26.9. The second-order valence-electron chi connectivity index (χ2n) is 5.25. The van der Waals surface area contributed by atoms with Crippen molar-refractivity contribution in [2.24, 2.45) is 0 Å². The zero-order valence-corrected chi connectivity index (χ0v) is 11.5. The van der Waals surface area contributed by atoms with E-state index in [0.29, 0.717) is 0 Å². The van der Waals surface area contributed by atoms with Gasteiger partial charge in [-0.3, -0.25) is 0 Å². The summed E-state index contributed by atoms with van der Waals surface area (Å²) in [5.41, 5.74) is 0.146. The third-order valence-corrected chi connectivity index (χ3v) is 3.34. The van der Waals surface area contributed by atoms with Gasteiger partial charge in [-0.15, -0.1) is 0 Å². The largest absolute Gasteiger partial charge is 0.463 e. The molecule has 0 aromatic carbocycles. The van der Waals surface area contributed by atoms with Crippen LogP contribution in [0.15, 0.2) is 11.6 Å². The lowest BCUT2D eigenvalue weighted by atomic mass is 10.1. The number of rotatable bonds is 2. The van der Waals surface area contributed by atoms with E-state index in [1.165, 1.54) is 0 Å². The van der Waals surface area contributed by atoms with Crippen LogP contribution in [0, 0.1) is 0 Å². The predicted octanol–water partition coefficient (Wildman–Crippen LogP) is 0.278. The molecule has 7 heteroatoms. The van der Waals surface area contributed by atoms with Gasteiger partial charge in [0.15, 0.2) is 24.3 Å². The van der Waals surface area contributed by atoms with Crippen LogP contribution < -0.4 is 0 Å². The summed E-state index contributed by atoms with van der Waals surface area (Å²) >= 11 is 0. The van der Waals surface area contributed by atoms with Crippen molar-refractivity contribution in [1.82, 2.24) is 0 Å². The number of ether oxygens (including phenoxy) is 5. The van der Waals surface area contributed by atoms with Crippen molar-refractivity contribution >= 4 is 11.9 Å². The van der Waals surface area contributed by atoms with Crippen molar-refractivity contribution in [3.8, 4) is 0 Å². The zero-order valence-electron chi connectivity index (χ0n) is 11.5. The Labute approximate surface area is 115 Å². The first kappa shape index (κ1) is 13.5. The Morgan fingerprint density at radius 3 is 2.80 bits per heavy atom. The average molecular weight is 284 g/mol. The maximum atomic E-state index is 11.8. The molecule has 110 valence electrons. The number of hydrogen-bond acceptors (Lipinski definition) is 7. The second-order valence-corrected chi connectivity index (χ2v) is 5.25. The van der Waals surface area contributed by atoms with Gasteiger partial charge in [0.2, 0.25) is 0 Å². The van der Waals surface area contributed by atoms with Gasteiger partial charge in [0.1, 0.15) is 6.10 Å². The summed E-state index contributed by atoms with van der Waals surface area (Å²) in [6.45, 7) is 5.44. The Bertz CT molecular complexity index is 481. The van der Waals surface area contributed by atoms with Crippen LogP contribution in [-0.4, -0.2) is 48.9 Å². The molecule has 3 fully saturated rings. The van der Waals surface area contributed by atoms with Crippen molar-refractivity contribution in [2.45, 2.75) is 51.2 Å². The van der Waals surface area contributed by atoms with Gasteiger partial charge in [-0.25, -0.2) is 9.59 Å². The molecule has 0 aromatic heterocycles. The van der Waals surface area contributed by atoms with Gasteiger partial charge in [-0.05, 0) is 20.8 Å². The minimum absolute atomic E-state index is 0.146. The van der Waals surface area contributed by atoms with Gasteiger partial charge < -0.3 is 23.7 Å². The molecule has 4 atom stereocenters. The summed E-state index contributed by atoms with van der Waals surface area (Å²) in [5, 5.41) is 0. The monoisotopic (exact) mass is 284 g/mol. The third-order valence-electron chi connectivity index (χ3n) is 3.34. The minimum Gasteiger partial charge on any atom is -0.463 e. The number of carbonyl (C=O) groups is 2. The minimum atomic E-state index is -0.777. The molecule has 3 heterocycles. The highest BCUT2D eigenvalue weighted by Crippen LogP contribution is 2.43. The van der Waals surface area contributed by atoms with Crippen LogP contribution in [0.3, 0.4) is 0 Å². The van der Waals surface area contributed by atoms with Crippen LogP contribution in [0.1, 0.15) is 20.8 Å². The van der Waals surface area contributed by atoms with Gasteiger partial charge in [-0.2, -0.15) is 0 Å². The van der Waals surface area contributed by atoms with Gasteiger partial charge in [0, 0.05) is 6.08 Å². The SMILES string of the molecule is CCOC(=O)/C=C1\C(=O)O[C@@H]2[C@H]3OC(C)(C)O[C@@H]3O[C@@H]12. The molecule has 0 bridgehead atoms. The van der Waals surface area contributed by atoms with E-state index in [4.69, 9.17) is 23.7 Å². The molecular formula is C13H16O7. The highest BCUT2D eigenvalue weighted by atomic mass is 16.8. The molecule has 0 unspecified atom stereocenters. The van der Waals surface area contributed by atoms with Crippen LogP contribution in [0.4, 0.5) is 0 Å². The maximum absolute atomic E-state index is 11.8. The molecule has 0 aliphatic carbocycles. The lowest BCUT2D eigenvalue weighted by molar-refractivity contribution is -0.207. The first-order valence-corrected chi connectivity index (χ1v) is 6.52. The molecular weight excluding hydrogens is 268 g/mol. The molecule has 20 heavy (non-hydrogen) atoms. The smallest absolute Gasteiger partial charge is 0.337 e. The van der Waals surface area contributed by atoms with E-state index in [9.17, 15) is 9.59 Å². The Hall–Kier alpha value is -1.44. The zero-order chi connectivity index (χ0) is 14.5. The second kappa shape index (κ2) is 4.54. The van der Waals surface area contributed by atoms with E-state index in [0.717, 1.165) is 6.08 Å². The highest BCUT2D eigenvalue weighted by Gasteiger charge is 2.61. The van der Waals surface area contributed by atoms with E-state index in [-0.39, 0.29) is 12.2 Å². The average Bonchev–Trinajstić information content (AvgIpc) is 2.89. The summed E-state index contributed by atoms with van der Waals surface area (Å²) in [4.78, 5) is 23.3. The summed E-state index contributed by atoms with van der Waals surface area (Å²) in [6, 6.07) is 0. The highest BCUT2D eigenvalue weighted by molar-refractivity contribution is 5.99. The summed E-state index contributed by atoms with van der Waals surface area (Å²) in [6.07, 6.45) is -1.21. The Balaban J connectivity index is 1.79. The lowest BCUT2D eigenvalue weighted by Gasteiger charge is -2.20. The molecule has 0 radical (unpaired) electrons. The fraction of sp³-hybridized carbons (Fsp3) is 0.692. The van der Waals surface area contributed by atoms with Crippen LogP contribution in [-0.2, 0) is 33.3 Å². The van der Waals surface area contributed by atoms with Gasteiger partial charge in [0.25, 0.3) is 0 Å². The number of hydrogen-bond donors (Lipinski definition) is 0. The van der Waals surface area contributed by atoms with Crippen molar-refractivity contribution in [2.75, 3.05) is 6.61 Å². The summed E-state index contributed by atoms with van der Waals surface area (Å²) in [7, 11) is 0. The van der Waals surface area contributed by atoms with Gasteiger partial charge in [-0.1, -0.05) is 0 Å². The molecule has 0 N–H and O–H groups in total. The van der Waals surface area contributed by atoms with Crippen molar-refractivity contribution in [1.29, 1.82) is 0 Å². The fourth-order valence-electron chi connectivity index (χ4n) is 2.62. The van der Waals surface area contributed by atoms with Crippen molar-refractivity contribution in [3.63, 3.8) is 0 Å². The van der Waals surface area contributed by atoms with Crippen LogP contribution in [0.2, 0.25) is 0 Å². The predicted molar refractivity (Wildman–Crippen MR) is 63.3 cm³/mol. The number of carbonyl (C=O) groups excluding carboxylic acids is 2. The molecule has 0 amide bonds. The number of fused-ring (bicyclic) bond motifs is 3. The molecule has 3 aliphatic rings. The first-order chi connectivity index (χ1) is 9.41. The lowest BCUT2D eigenvalue weighted by Crippen LogP contribution is -2.32. The van der Waals surface area contributed by atoms with E-state index >= 15 is 0 Å². The Morgan fingerprint density at radius 1 is 1.35 bits per heavy atom. The Morgan fingerprint density at radius 2 is 2.10 bits per heavy atom.